The van der Waals surface area contributed by atoms with E-state index in [1.54, 1.807) is 18.2 Å². The van der Waals surface area contributed by atoms with Gasteiger partial charge in [-0.05, 0) is 66.1 Å². The minimum Gasteiger partial charge on any atom is -0.493 e. The summed E-state index contributed by atoms with van der Waals surface area (Å²) in [5, 5.41) is 2.93. The summed E-state index contributed by atoms with van der Waals surface area (Å²) in [7, 11) is 5.86. The van der Waals surface area contributed by atoms with Crippen LogP contribution in [-0.2, 0) is 14.3 Å². The van der Waals surface area contributed by atoms with Crippen LogP contribution in [0.25, 0.3) is 6.08 Å². The quantitative estimate of drug-likeness (QED) is 0.438. The number of ether oxygens (including phenoxy) is 6. The first-order chi connectivity index (χ1) is 18.9. The number of benzene rings is 3. The highest BCUT2D eigenvalue weighted by Gasteiger charge is 2.43. The number of amides is 1. The molecule has 0 spiro atoms. The Bertz CT molecular complexity index is 1440. The third-order valence-electron chi connectivity index (χ3n) is 6.97. The van der Waals surface area contributed by atoms with Crippen molar-refractivity contribution < 1.29 is 38.0 Å². The molecule has 1 amide bonds. The Kier molecular flexibility index (Phi) is 7.06. The third-order valence-corrected chi connectivity index (χ3v) is 6.97. The average molecular weight is 532 g/mol. The number of rotatable bonds is 7. The molecule has 2 aliphatic rings. The first kappa shape index (κ1) is 26.0. The summed E-state index contributed by atoms with van der Waals surface area (Å²) >= 11 is 0. The maximum absolute atomic E-state index is 13.7. The molecule has 9 nitrogen and oxygen atoms in total. The monoisotopic (exact) mass is 531 g/mol. The second-order valence-electron chi connectivity index (χ2n) is 9.19. The average Bonchev–Trinajstić information content (AvgIpc) is 3.42. The molecule has 0 bridgehead atoms. The van der Waals surface area contributed by atoms with Crippen LogP contribution in [0.4, 0.5) is 5.69 Å². The summed E-state index contributed by atoms with van der Waals surface area (Å²) in [5.41, 5.74) is 4.05. The van der Waals surface area contributed by atoms with Gasteiger partial charge in [0.15, 0.2) is 23.0 Å². The molecule has 0 radical (unpaired) electrons. The number of hydrogen-bond acceptors (Lipinski definition) is 8. The molecular weight excluding hydrogens is 502 g/mol. The van der Waals surface area contributed by atoms with E-state index in [4.69, 9.17) is 28.4 Å². The van der Waals surface area contributed by atoms with Crippen LogP contribution >= 0.6 is 0 Å². The van der Waals surface area contributed by atoms with E-state index in [9.17, 15) is 9.59 Å². The van der Waals surface area contributed by atoms with Gasteiger partial charge in [0, 0.05) is 17.2 Å². The zero-order chi connectivity index (χ0) is 27.7. The van der Waals surface area contributed by atoms with E-state index < -0.39 is 23.7 Å². The number of carbonyl (C=O) groups excluding carboxylic acids is 2. The number of anilines is 1. The van der Waals surface area contributed by atoms with Crippen molar-refractivity contribution in [1.29, 1.82) is 0 Å². The fraction of sp³-hybridized carbons (Fsp3) is 0.267. The van der Waals surface area contributed by atoms with Gasteiger partial charge in [-0.25, -0.2) is 0 Å². The van der Waals surface area contributed by atoms with Gasteiger partial charge >= 0.3 is 5.97 Å². The van der Waals surface area contributed by atoms with Gasteiger partial charge in [0.05, 0.1) is 34.4 Å². The van der Waals surface area contributed by atoms with Gasteiger partial charge in [-0.3, -0.25) is 9.59 Å². The zero-order valence-electron chi connectivity index (χ0n) is 22.3. The number of aryl methyl sites for hydroxylation is 1. The molecule has 0 aromatic heterocycles. The number of carbonyl (C=O) groups is 2. The molecule has 202 valence electrons. The molecule has 3 aromatic rings. The molecule has 3 aromatic carbocycles. The zero-order valence-corrected chi connectivity index (χ0v) is 22.3. The minimum atomic E-state index is -0.990. The van der Waals surface area contributed by atoms with Crippen molar-refractivity contribution in [2.24, 2.45) is 5.92 Å². The molecule has 0 unspecified atom stereocenters. The lowest BCUT2D eigenvalue weighted by Gasteiger charge is -2.33. The van der Waals surface area contributed by atoms with E-state index in [-0.39, 0.29) is 12.4 Å². The normalized spacial score (nSPS) is 17.0. The molecular formula is C30H29NO8. The van der Waals surface area contributed by atoms with E-state index >= 15 is 0 Å². The second kappa shape index (κ2) is 10.6. The van der Waals surface area contributed by atoms with Crippen molar-refractivity contribution in [1.82, 2.24) is 0 Å². The van der Waals surface area contributed by atoms with Crippen molar-refractivity contribution in [3.8, 4) is 28.7 Å². The molecule has 39 heavy (non-hydrogen) atoms. The Labute approximate surface area is 226 Å². The van der Waals surface area contributed by atoms with Crippen LogP contribution in [0.15, 0.2) is 54.1 Å². The maximum atomic E-state index is 13.7. The molecule has 0 fully saturated rings. The Balaban J connectivity index is 1.71. The van der Waals surface area contributed by atoms with Crippen molar-refractivity contribution in [3.05, 3.63) is 76.4 Å². The Morgan fingerprint density at radius 3 is 2.10 bits per heavy atom. The highest BCUT2D eigenvalue weighted by Crippen LogP contribution is 2.50. The smallest absolute Gasteiger partial charge is 0.314 e. The van der Waals surface area contributed by atoms with Gasteiger partial charge in [-0.2, -0.15) is 0 Å². The number of hydrogen-bond donors (Lipinski definition) is 1. The Hall–Kier alpha value is -4.66. The third kappa shape index (κ3) is 4.71. The summed E-state index contributed by atoms with van der Waals surface area (Å²) < 4.78 is 33.2. The molecule has 9 heteroatoms. The molecule has 0 saturated heterocycles. The summed E-state index contributed by atoms with van der Waals surface area (Å²) in [4.78, 5) is 27.2. The molecule has 5 rings (SSSR count). The van der Waals surface area contributed by atoms with E-state index in [1.807, 2.05) is 43.3 Å². The van der Waals surface area contributed by atoms with Crippen LogP contribution < -0.4 is 29.0 Å². The minimum absolute atomic E-state index is 0.0813. The lowest BCUT2D eigenvalue weighted by molar-refractivity contribution is -0.145. The Morgan fingerprint density at radius 2 is 1.51 bits per heavy atom. The summed E-state index contributed by atoms with van der Waals surface area (Å²) in [6.07, 6.45) is 1.71. The van der Waals surface area contributed by atoms with Crippen molar-refractivity contribution in [2.45, 2.75) is 12.8 Å². The number of methoxy groups -OCH3 is 4. The molecule has 0 saturated carbocycles. The second-order valence-corrected chi connectivity index (χ2v) is 9.19. The molecule has 1 aliphatic heterocycles. The van der Waals surface area contributed by atoms with Gasteiger partial charge in [-0.15, -0.1) is 0 Å². The Morgan fingerprint density at radius 1 is 0.872 bits per heavy atom. The standard InChI is InChI=1S/C30H29NO8/c1-16-6-8-19(9-7-16)31-29(32)21-10-17-11-22-23(39-15-38-22)14-20(17)26(27(21)30(33)37-5)18-12-24(34-2)28(36-4)25(13-18)35-3/h6-14,26-27H,15H2,1-5H3,(H,31,32)/t26-,27-/m1/s1. The van der Waals surface area contributed by atoms with Gasteiger partial charge in [0.25, 0.3) is 5.91 Å². The van der Waals surface area contributed by atoms with Crippen molar-refractivity contribution >= 4 is 23.6 Å². The largest absolute Gasteiger partial charge is 0.493 e. The molecule has 1 N–H and O–H groups in total. The summed E-state index contributed by atoms with van der Waals surface area (Å²) in [6.45, 7) is 2.05. The predicted molar refractivity (Wildman–Crippen MR) is 144 cm³/mol. The fourth-order valence-electron chi connectivity index (χ4n) is 5.07. The maximum Gasteiger partial charge on any atom is 0.314 e. The van der Waals surface area contributed by atoms with Gasteiger partial charge in [0.1, 0.15) is 0 Å². The van der Waals surface area contributed by atoms with Gasteiger partial charge < -0.3 is 33.7 Å². The fourth-order valence-corrected chi connectivity index (χ4v) is 5.07. The van der Waals surface area contributed by atoms with E-state index in [2.05, 4.69) is 5.32 Å². The van der Waals surface area contributed by atoms with E-state index in [0.717, 1.165) is 11.1 Å². The lowest BCUT2D eigenvalue weighted by Crippen LogP contribution is -2.34. The lowest BCUT2D eigenvalue weighted by atomic mass is 9.71. The van der Waals surface area contributed by atoms with Crippen molar-refractivity contribution in [2.75, 3.05) is 40.5 Å². The number of nitrogens with one attached hydrogen (secondary N) is 1. The van der Waals surface area contributed by atoms with Gasteiger partial charge in [-0.1, -0.05) is 17.7 Å². The van der Waals surface area contributed by atoms with Crippen LogP contribution in [0.5, 0.6) is 28.7 Å². The number of fused-ring (bicyclic) bond motifs is 2. The first-order valence-corrected chi connectivity index (χ1v) is 12.3. The predicted octanol–water partition coefficient (Wildman–Crippen LogP) is 4.71. The first-order valence-electron chi connectivity index (χ1n) is 12.3. The highest BCUT2D eigenvalue weighted by atomic mass is 16.7. The van der Waals surface area contributed by atoms with E-state index in [1.165, 1.54) is 28.4 Å². The van der Waals surface area contributed by atoms with E-state index in [0.29, 0.717) is 45.6 Å². The summed E-state index contributed by atoms with van der Waals surface area (Å²) in [6, 6.07) is 14.6. The molecule has 2 atom stereocenters. The van der Waals surface area contributed by atoms with Crippen LogP contribution in [0.1, 0.15) is 28.2 Å². The van der Waals surface area contributed by atoms with Crippen molar-refractivity contribution in [3.63, 3.8) is 0 Å². The van der Waals surface area contributed by atoms with Crippen LogP contribution in [0, 0.1) is 12.8 Å². The van der Waals surface area contributed by atoms with Gasteiger partial charge in [0.2, 0.25) is 12.5 Å². The highest BCUT2D eigenvalue weighted by molar-refractivity contribution is 6.11. The van der Waals surface area contributed by atoms with Crippen LogP contribution in [0.2, 0.25) is 0 Å². The summed E-state index contributed by atoms with van der Waals surface area (Å²) in [5.74, 6) is -0.281. The topological polar surface area (TPSA) is 102 Å². The van der Waals surface area contributed by atoms with Crippen LogP contribution in [0.3, 0.4) is 0 Å². The van der Waals surface area contributed by atoms with Crippen LogP contribution in [-0.4, -0.2) is 47.1 Å². The molecule has 1 heterocycles. The number of esters is 1. The molecule has 1 aliphatic carbocycles. The SMILES string of the molecule is COC(=O)[C@@H]1C(C(=O)Nc2ccc(C)cc2)=Cc2cc3c(cc2[C@H]1c1cc(OC)c(OC)c(OC)c1)OCO3.